The summed E-state index contributed by atoms with van der Waals surface area (Å²) in [7, 11) is 0. The van der Waals surface area contributed by atoms with Crippen molar-refractivity contribution in [3.63, 3.8) is 0 Å². The number of amides is 1. The average molecular weight is 350 g/mol. The SMILES string of the molecule is CCCC(N)C(=O)NCC1(N2CCSCC2)CCCCC1.Cl. The zero-order chi connectivity index (χ0) is 15.1. The van der Waals surface area contributed by atoms with Crippen molar-refractivity contribution in [2.24, 2.45) is 5.73 Å². The summed E-state index contributed by atoms with van der Waals surface area (Å²) < 4.78 is 0. The number of nitrogens with two attached hydrogens (primary N) is 1. The van der Waals surface area contributed by atoms with Crippen molar-refractivity contribution in [1.29, 1.82) is 0 Å². The first-order valence-corrected chi connectivity index (χ1v) is 9.69. The van der Waals surface area contributed by atoms with E-state index < -0.39 is 0 Å². The Morgan fingerprint density at radius 3 is 2.50 bits per heavy atom. The summed E-state index contributed by atoms with van der Waals surface area (Å²) in [6.07, 6.45) is 8.11. The Morgan fingerprint density at radius 2 is 1.91 bits per heavy atom. The van der Waals surface area contributed by atoms with Crippen LogP contribution in [0.5, 0.6) is 0 Å². The van der Waals surface area contributed by atoms with E-state index in [9.17, 15) is 4.79 Å². The van der Waals surface area contributed by atoms with E-state index >= 15 is 0 Å². The number of thioether (sulfide) groups is 1. The van der Waals surface area contributed by atoms with Crippen molar-refractivity contribution in [2.45, 2.75) is 63.5 Å². The quantitative estimate of drug-likeness (QED) is 0.773. The average Bonchev–Trinajstić information content (AvgIpc) is 2.54. The van der Waals surface area contributed by atoms with Gasteiger partial charge in [0.2, 0.25) is 5.91 Å². The molecule has 130 valence electrons. The summed E-state index contributed by atoms with van der Waals surface area (Å²) >= 11 is 2.05. The minimum atomic E-state index is -0.340. The van der Waals surface area contributed by atoms with E-state index in [0.29, 0.717) is 0 Å². The maximum absolute atomic E-state index is 12.1. The van der Waals surface area contributed by atoms with Crippen LogP contribution in [0.25, 0.3) is 0 Å². The molecule has 0 aromatic heterocycles. The topological polar surface area (TPSA) is 58.4 Å². The molecule has 1 heterocycles. The third-order valence-electron chi connectivity index (χ3n) is 4.99. The molecule has 0 aromatic rings. The molecule has 22 heavy (non-hydrogen) atoms. The fourth-order valence-electron chi connectivity index (χ4n) is 3.68. The van der Waals surface area contributed by atoms with Gasteiger partial charge >= 0.3 is 0 Å². The molecule has 1 unspecified atom stereocenters. The van der Waals surface area contributed by atoms with Gasteiger partial charge in [0.15, 0.2) is 0 Å². The first-order valence-electron chi connectivity index (χ1n) is 8.54. The molecule has 2 fully saturated rings. The summed E-state index contributed by atoms with van der Waals surface area (Å²) in [5, 5.41) is 3.16. The van der Waals surface area contributed by atoms with Crippen LogP contribution in [0.1, 0.15) is 51.9 Å². The summed E-state index contributed by atoms with van der Waals surface area (Å²) in [6, 6.07) is -0.340. The second kappa shape index (κ2) is 10.0. The van der Waals surface area contributed by atoms with Crippen LogP contribution in [0.2, 0.25) is 0 Å². The molecule has 0 radical (unpaired) electrons. The van der Waals surface area contributed by atoms with Crippen molar-refractivity contribution in [3.05, 3.63) is 0 Å². The van der Waals surface area contributed by atoms with Crippen molar-refractivity contribution in [2.75, 3.05) is 31.1 Å². The molecular weight excluding hydrogens is 318 g/mol. The fraction of sp³-hybridized carbons (Fsp3) is 0.938. The number of nitrogens with one attached hydrogen (secondary N) is 1. The summed E-state index contributed by atoms with van der Waals surface area (Å²) in [6.45, 7) is 5.19. The normalized spacial score (nSPS) is 23.4. The molecule has 1 saturated heterocycles. The van der Waals surface area contributed by atoms with Crippen LogP contribution in [-0.4, -0.2) is 53.5 Å². The van der Waals surface area contributed by atoms with E-state index in [4.69, 9.17) is 5.73 Å². The maximum atomic E-state index is 12.1. The molecule has 2 rings (SSSR count). The number of hydrogen-bond donors (Lipinski definition) is 2. The lowest BCUT2D eigenvalue weighted by Gasteiger charge is -2.48. The number of carbonyl (C=O) groups excluding carboxylic acids is 1. The van der Waals surface area contributed by atoms with Crippen LogP contribution in [0, 0.1) is 0 Å². The monoisotopic (exact) mass is 349 g/mol. The van der Waals surface area contributed by atoms with Gasteiger partial charge in [-0.15, -0.1) is 12.4 Å². The second-order valence-electron chi connectivity index (χ2n) is 6.50. The number of hydrogen-bond acceptors (Lipinski definition) is 4. The van der Waals surface area contributed by atoms with Gasteiger partial charge in [0.25, 0.3) is 0 Å². The Balaban J connectivity index is 0.00000242. The molecule has 6 heteroatoms. The Morgan fingerprint density at radius 1 is 1.27 bits per heavy atom. The Bertz CT molecular complexity index is 331. The molecule has 4 nitrogen and oxygen atoms in total. The lowest BCUT2D eigenvalue weighted by atomic mass is 9.80. The summed E-state index contributed by atoms with van der Waals surface area (Å²) in [5.74, 6) is 2.49. The Hall–Kier alpha value is 0.0300. The van der Waals surface area contributed by atoms with Crippen molar-refractivity contribution in [1.82, 2.24) is 10.2 Å². The van der Waals surface area contributed by atoms with E-state index in [1.165, 1.54) is 56.7 Å². The van der Waals surface area contributed by atoms with E-state index in [0.717, 1.165) is 19.4 Å². The molecule has 0 bridgehead atoms. The molecule has 1 aliphatic heterocycles. The standard InChI is InChI=1S/C16H31N3OS.ClH/c1-2-6-14(17)15(20)18-13-16(7-4-3-5-8-16)19-9-11-21-12-10-19;/h14H,2-13,17H2,1H3,(H,18,20);1H. The first kappa shape index (κ1) is 20.1. The summed E-state index contributed by atoms with van der Waals surface area (Å²) in [5.41, 5.74) is 6.13. The van der Waals surface area contributed by atoms with Gasteiger partial charge in [-0.1, -0.05) is 32.6 Å². The molecule has 3 N–H and O–H groups in total. The smallest absolute Gasteiger partial charge is 0.236 e. The third kappa shape index (κ3) is 5.29. The highest BCUT2D eigenvalue weighted by molar-refractivity contribution is 7.99. The van der Waals surface area contributed by atoms with Crippen LogP contribution in [0.3, 0.4) is 0 Å². The van der Waals surface area contributed by atoms with Crippen LogP contribution in [-0.2, 0) is 4.79 Å². The third-order valence-corrected chi connectivity index (χ3v) is 5.94. The van der Waals surface area contributed by atoms with E-state index in [1.807, 2.05) is 11.8 Å². The predicted octanol–water partition coefficient (Wildman–Crippen LogP) is 2.40. The highest BCUT2D eigenvalue weighted by Gasteiger charge is 2.38. The first-order chi connectivity index (χ1) is 10.2. The van der Waals surface area contributed by atoms with Crippen LogP contribution >= 0.6 is 24.2 Å². The van der Waals surface area contributed by atoms with E-state index in [-0.39, 0.29) is 29.9 Å². The number of carbonyl (C=O) groups is 1. The highest BCUT2D eigenvalue weighted by Crippen LogP contribution is 2.34. The number of nitrogens with zero attached hydrogens (tertiary/aromatic N) is 1. The van der Waals surface area contributed by atoms with Crippen LogP contribution in [0.4, 0.5) is 0 Å². The van der Waals surface area contributed by atoms with Crippen LogP contribution in [0.15, 0.2) is 0 Å². The van der Waals surface area contributed by atoms with Gasteiger partial charge in [-0.2, -0.15) is 11.8 Å². The fourth-order valence-corrected chi connectivity index (χ4v) is 4.58. The lowest BCUT2D eigenvalue weighted by Crippen LogP contribution is -2.60. The van der Waals surface area contributed by atoms with Gasteiger partial charge in [-0.05, 0) is 19.3 Å². The molecule has 1 aliphatic carbocycles. The maximum Gasteiger partial charge on any atom is 0.236 e. The van der Waals surface area contributed by atoms with Gasteiger partial charge in [0.05, 0.1) is 6.04 Å². The summed E-state index contributed by atoms with van der Waals surface area (Å²) in [4.78, 5) is 14.8. The zero-order valence-corrected chi connectivity index (χ0v) is 15.4. The van der Waals surface area contributed by atoms with Crippen molar-refractivity contribution < 1.29 is 4.79 Å². The van der Waals surface area contributed by atoms with E-state index in [2.05, 4.69) is 17.1 Å². The van der Waals surface area contributed by atoms with Crippen LogP contribution < -0.4 is 11.1 Å². The molecule has 0 spiro atoms. The molecule has 1 saturated carbocycles. The van der Waals surface area contributed by atoms with Gasteiger partial charge in [-0.3, -0.25) is 9.69 Å². The molecule has 1 amide bonds. The molecular formula is C16H32ClN3OS. The molecule has 2 aliphatic rings. The zero-order valence-electron chi connectivity index (χ0n) is 13.8. The largest absolute Gasteiger partial charge is 0.353 e. The van der Waals surface area contributed by atoms with Crippen molar-refractivity contribution in [3.8, 4) is 0 Å². The highest BCUT2D eigenvalue weighted by atomic mass is 35.5. The lowest BCUT2D eigenvalue weighted by molar-refractivity contribution is -0.123. The molecule has 0 aromatic carbocycles. The van der Waals surface area contributed by atoms with Gasteiger partial charge in [0.1, 0.15) is 0 Å². The van der Waals surface area contributed by atoms with Gasteiger partial charge in [0, 0.05) is 36.7 Å². The predicted molar refractivity (Wildman–Crippen MR) is 97.9 cm³/mol. The van der Waals surface area contributed by atoms with Crippen molar-refractivity contribution >= 4 is 30.1 Å². The van der Waals surface area contributed by atoms with Gasteiger partial charge in [-0.25, -0.2) is 0 Å². The van der Waals surface area contributed by atoms with Gasteiger partial charge < -0.3 is 11.1 Å². The minimum Gasteiger partial charge on any atom is -0.353 e. The van der Waals surface area contributed by atoms with E-state index in [1.54, 1.807) is 0 Å². The number of halogens is 1. The minimum absolute atomic E-state index is 0. The Kier molecular flexibility index (Phi) is 9.14. The second-order valence-corrected chi connectivity index (χ2v) is 7.72. The molecule has 1 atom stereocenters. The number of rotatable bonds is 6. The Labute approximate surface area is 145 Å².